The number of aliphatic imine (C=N–C) groups is 1. The van der Waals surface area contributed by atoms with Crippen molar-refractivity contribution in [3.63, 3.8) is 0 Å². The molecule has 0 aromatic heterocycles. The number of benzene rings is 1. The van der Waals surface area contributed by atoms with Crippen LogP contribution >= 0.6 is 11.8 Å². The number of hydrogen-bond acceptors (Lipinski definition) is 7. The van der Waals surface area contributed by atoms with Crippen LogP contribution < -0.4 is 14.4 Å². The van der Waals surface area contributed by atoms with Crippen LogP contribution in [0.5, 0.6) is 11.5 Å². The van der Waals surface area contributed by atoms with Gasteiger partial charge < -0.3 is 14.4 Å². The Morgan fingerprint density at radius 2 is 2.09 bits per heavy atom. The number of rotatable bonds is 4. The van der Waals surface area contributed by atoms with Crippen LogP contribution in [-0.4, -0.2) is 57.1 Å². The van der Waals surface area contributed by atoms with Crippen LogP contribution in [0.1, 0.15) is 6.92 Å². The lowest BCUT2D eigenvalue weighted by Crippen LogP contribution is -2.39. The molecular formula is C15H20N2O4S2. The highest BCUT2D eigenvalue weighted by Gasteiger charge is 2.47. The predicted octanol–water partition coefficient (Wildman–Crippen LogP) is 1.80. The normalized spacial score (nSPS) is 25.2. The third kappa shape index (κ3) is 3.01. The lowest BCUT2D eigenvalue weighted by Gasteiger charge is -2.28. The molecule has 2 heterocycles. The quantitative estimate of drug-likeness (QED) is 0.819. The minimum absolute atomic E-state index is 0.125. The van der Waals surface area contributed by atoms with E-state index >= 15 is 0 Å². The summed E-state index contributed by atoms with van der Waals surface area (Å²) < 4.78 is 34.7. The molecule has 126 valence electrons. The molecule has 0 saturated carbocycles. The smallest absolute Gasteiger partial charge is 0.164 e. The Balaban J connectivity index is 2.04. The second-order valence-corrected chi connectivity index (χ2v) is 8.85. The van der Waals surface area contributed by atoms with E-state index in [1.54, 1.807) is 32.0 Å². The van der Waals surface area contributed by atoms with Crippen molar-refractivity contribution in [1.82, 2.24) is 0 Å². The molecule has 1 fully saturated rings. The van der Waals surface area contributed by atoms with E-state index in [1.807, 2.05) is 17.0 Å². The lowest BCUT2D eigenvalue weighted by molar-refractivity contribution is 0.394. The van der Waals surface area contributed by atoms with E-state index in [9.17, 15) is 8.42 Å². The van der Waals surface area contributed by atoms with E-state index in [2.05, 4.69) is 11.9 Å². The fourth-order valence-corrected chi connectivity index (χ4v) is 5.71. The molecule has 0 spiro atoms. The molecule has 2 atom stereocenters. The number of anilines is 1. The van der Waals surface area contributed by atoms with Crippen LogP contribution in [-0.2, 0) is 9.84 Å². The van der Waals surface area contributed by atoms with Crippen LogP contribution in [0.4, 0.5) is 5.69 Å². The minimum Gasteiger partial charge on any atom is -0.497 e. The fourth-order valence-electron chi connectivity index (χ4n) is 3.03. The summed E-state index contributed by atoms with van der Waals surface area (Å²) in [7, 11) is 0.158. The minimum atomic E-state index is -3.04. The lowest BCUT2D eigenvalue weighted by atomic mass is 10.1. The molecule has 0 bridgehead atoms. The molecular weight excluding hydrogens is 336 g/mol. The molecule has 8 heteroatoms. The summed E-state index contributed by atoms with van der Waals surface area (Å²) in [5.41, 5.74) is 0.831. The molecule has 2 aliphatic heterocycles. The molecule has 6 nitrogen and oxygen atoms in total. The SMILES string of the molecule is CCSC1=N[C@H]2CS(=O)(=O)C[C@@H]2N1c1ccc(OC)cc1OC. The molecule has 1 saturated heterocycles. The van der Waals surface area contributed by atoms with Crippen LogP contribution in [0, 0.1) is 0 Å². The molecule has 0 radical (unpaired) electrons. The molecule has 3 rings (SSSR count). The molecule has 23 heavy (non-hydrogen) atoms. The number of thioether (sulfide) groups is 1. The number of nitrogens with zero attached hydrogens (tertiary/aromatic N) is 2. The summed E-state index contributed by atoms with van der Waals surface area (Å²) >= 11 is 1.62. The van der Waals surface area contributed by atoms with Crippen molar-refractivity contribution in [3.8, 4) is 11.5 Å². The van der Waals surface area contributed by atoms with Crippen molar-refractivity contribution >= 4 is 32.5 Å². The first-order valence-corrected chi connectivity index (χ1v) is 10.2. The number of sulfone groups is 1. The van der Waals surface area contributed by atoms with Crippen molar-refractivity contribution in [1.29, 1.82) is 0 Å². The maximum Gasteiger partial charge on any atom is 0.164 e. The predicted molar refractivity (Wildman–Crippen MR) is 93.8 cm³/mol. The molecule has 0 N–H and O–H groups in total. The Hall–Kier alpha value is -1.41. The third-order valence-corrected chi connectivity index (χ3v) is 6.58. The third-order valence-electron chi connectivity index (χ3n) is 4.03. The Kier molecular flexibility index (Phi) is 4.46. The monoisotopic (exact) mass is 356 g/mol. The highest BCUT2D eigenvalue weighted by Crippen LogP contribution is 2.40. The molecule has 0 amide bonds. The molecule has 1 aromatic rings. The Morgan fingerprint density at radius 3 is 2.74 bits per heavy atom. The summed E-state index contributed by atoms with van der Waals surface area (Å²) in [6, 6.07) is 5.21. The average molecular weight is 356 g/mol. The van der Waals surface area contributed by atoms with E-state index in [4.69, 9.17) is 9.47 Å². The van der Waals surface area contributed by atoms with Gasteiger partial charge in [0, 0.05) is 6.07 Å². The first kappa shape index (κ1) is 16.4. The van der Waals surface area contributed by atoms with Crippen LogP contribution in [0.25, 0.3) is 0 Å². The first-order chi connectivity index (χ1) is 11.0. The van der Waals surface area contributed by atoms with Gasteiger partial charge in [0.1, 0.15) is 11.5 Å². The molecule has 2 aliphatic rings. The van der Waals surface area contributed by atoms with E-state index in [1.165, 1.54) is 0 Å². The van der Waals surface area contributed by atoms with E-state index < -0.39 is 9.84 Å². The van der Waals surface area contributed by atoms with Gasteiger partial charge in [-0.05, 0) is 17.9 Å². The van der Waals surface area contributed by atoms with Gasteiger partial charge in [0.15, 0.2) is 15.0 Å². The summed E-state index contributed by atoms with van der Waals surface area (Å²) in [5, 5.41) is 0.862. The highest BCUT2D eigenvalue weighted by atomic mass is 32.2. The number of fused-ring (bicyclic) bond motifs is 1. The van der Waals surface area contributed by atoms with Crippen molar-refractivity contribution in [2.24, 2.45) is 4.99 Å². The standard InChI is InChI=1S/C15H20N2O4S2/c1-4-22-15-16-11-8-23(18,19)9-13(11)17(15)12-6-5-10(20-2)7-14(12)21-3/h5-7,11,13H,4,8-9H2,1-3H3/t11-,13-/m0/s1. The molecule has 1 aromatic carbocycles. The van der Waals surface area contributed by atoms with Crippen molar-refractivity contribution in [2.75, 3.05) is 36.4 Å². The van der Waals surface area contributed by atoms with E-state index in [0.717, 1.165) is 16.6 Å². The Bertz CT molecular complexity index is 733. The number of hydrogen-bond donors (Lipinski definition) is 0. The van der Waals surface area contributed by atoms with Gasteiger partial charge in [-0.2, -0.15) is 0 Å². The maximum atomic E-state index is 12.0. The largest absolute Gasteiger partial charge is 0.497 e. The zero-order valence-electron chi connectivity index (χ0n) is 13.4. The van der Waals surface area contributed by atoms with Gasteiger partial charge in [0.25, 0.3) is 0 Å². The number of methoxy groups -OCH3 is 2. The van der Waals surface area contributed by atoms with Crippen LogP contribution in [0.3, 0.4) is 0 Å². The first-order valence-electron chi connectivity index (χ1n) is 7.41. The zero-order valence-corrected chi connectivity index (χ0v) is 15.0. The van der Waals surface area contributed by atoms with Gasteiger partial charge in [-0.15, -0.1) is 0 Å². The van der Waals surface area contributed by atoms with Crippen molar-refractivity contribution in [3.05, 3.63) is 18.2 Å². The summed E-state index contributed by atoms with van der Waals surface area (Å²) in [5.74, 6) is 2.48. The second kappa shape index (κ2) is 6.24. The van der Waals surface area contributed by atoms with Gasteiger partial charge in [-0.1, -0.05) is 18.7 Å². The highest BCUT2D eigenvalue weighted by molar-refractivity contribution is 8.14. The summed E-state index contributed by atoms with van der Waals surface area (Å²) in [4.78, 5) is 6.67. The van der Waals surface area contributed by atoms with Gasteiger partial charge in [-0.25, -0.2) is 8.42 Å². The van der Waals surface area contributed by atoms with Gasteiger partial charge >= 0.3 is 0 Å². The molecule has 0 aliphatic carbocycles. The Labute approximate surface area is 140 Å². The topological polar surface area (TPSA) is 68.2 Å². The zero-order chi connectivity index (χ0) is 16.6. The van der Waals surface area contributed by atoms with E-state index in [-0.39, 0.29) is 23.6 Å². The number of amidine groups is 1. The van der Waals surface area contributed by atoms with Crippen molar-refractivity contribution < 1.29 is 17.9 Å². The van der Waals surface area contributed by atoms with Gasteiger partial charge in [-0.3, -0.25) is 4.99 Å². The maximum absolute atomic E-state index is 12.0. The average Bonchev–Trinajstić information content (AvgIpc) is 2.98. The van der Waals surface area contributed by atoms with Crippen LogP contribution in [0.15, 0.2) is 23.2 Å². The van der Waals surface area contributed by atoms with Gasteiger partial charge in [0.05, 0.1) is 43.5 Å². The number of ether oxygens (including phenoxy) is 2. The summed E-state index contributed by atoms with van der Waals surface area (Å²) in [6.45, 7) is 2.06. The Morgan fingerprint density at radius 1 is 1.30 bits per heavy atom. The van der Waals surface area contributed by atoms with Gasteiger partial charge in [0.2, 0.25) is 0 Å². The molecule has 0 unspecified atom stereocenters. The van der Waals surface area contributed by atoms with Crippen LogP contribution in [0.2, 0.25) is 0 Å². The second-order valence-electron chi connectivity index (χ2n) is 5.46. The van der Waals surface area contributed by atoms with Crippen molar-refractivity contribution in [2.45, 2.75) is 19.0 Å². The fraction of sp³-hybridized carbons (Fsp3) is 0.533. The summed E-state index contributed by atoms with van der Waals surface area (Å²) in [6.07, 6.45) is 0. The van der Waals surface area contributed by atoms with E-state index in [0.29, 0.717) is 11.5 Å².